The number of primary amides is 1. The predicted molar refractivity (Wildman–Crippen MR) is 119 cm³/mol. The van der Waals surface area contributed by atoms with Crippen molar-refractivity contribution in [3.8, 4) is 0 Å². The average Bonchev–Trinajstić information content (AvgIpc) is 2.79. The van der Waals surface area contributed by atoms with E-state index in [1.54, 1.807) is 19.2 Å². The highest BCUT2D eigenvalue weighted by molar-refractivity contribution is 5.96. The first kappa shape index (κ1) is 21.5. The van der Waals surface area contributed by atoms with Crippen molar-refractivity contribution < 1.29 is 14.0 Å². The number of rotatable bonds is 5. The van der Waals surface area contributed by atoms with E-state index in [-0.39, 0.29) is 24.2 Å². The zero-order valence-corrected chi connectivity index (χ0v) is 17.8. The second-order valence-corrected chi connectivity index (χ2v) is 8.07. The molecule has 1 aliphatic rings. The van der Waals surface area contributed by atoms with Gasteiger partial charge in [0.05, 0.1) is 5.56 Å². The lowest BCUT2D eigenvalue weighted by Crippen LogP contribution is -2.41. The van der Waals surface area contributed by atoms with E-state index in [0.29, 0.717) is 30.5 Å². The van der Waals surface area contributed by atoms with E-state index >= 15 is 0 Å². The Morgan fingerprint density at radius 2 is 1.88 bits per heavy atom. The van der Waals surface area contributed by atoms with Gasteiger partial charge in [0.15, 0.2) is 0 Å². The van der Waals surface area contributed by atoms with Crippen LogP contribution in [0, 0.1) is 12.7 Å². The molecule has 2 amide bonds. The van der Waals surface area contributed by atoms with Crippen molar-refractivity contribution >= 4 is 11.8 Å². The summed E-state index contributed by atoms with van der Waals surface area (Å²) in [6, 6.07) is 14.1. The number of fused-ring (bicyclic) bond motifs is 1. The highest BCUT2D eigenvalue weighted by Gasteiger charge is 2.28. The van der Waals surface area contributed by atoms with Crippen molar-refractivity contribution in [2.45, 2.75) is 32.9 Å². The number of hydrogen-bond donors (Lipinski definition) is 1. The van der Waals surface area contributed by atoms with Gasteiger partial charge in [0, 0.05) is 25.8 Å². The molecule has 0 radical (unpaired) electrons. The smallest absolute Gasteiger partial charge is 0.263 e. The lowest BCUT2D eigenvalue weighted by atomic mass is 9.95. The molecule has 1 aromatic heterocycles. The Morgan fingerprint density at radius 3 is 2.59 bits per heavy atom. The number of nitrogens with zero attached hydrogens (tertiary/aromatic N) is 2. The minimum absolute atomic E-state index is 0.0148. The second kappa shape index (κ2) is 8.78. The Morgan fingerprint density at radius 1 is 1.12 bits per heavy atom. The van der Waals surface area contributed by atoms with Gasteiger partial charge >= 0.3 is 0 Å². The first-order valence-electron chi connectivity index (χ1n) is 10.5. The Bertz CT molecular complexity index is 1250. The number of amides is 2. The summed E-state index contributed by atoms with van der Waals surface area (Å²) in [5, 5.41) is 0. The highest BCUT2D eigenvalue weighted by atomic mass is 19.1. The van der Waals surface area contributed by atoms with E-state index in [0.717, 1.165) is 11.1 Å². The molecule has 0 fully saturated rings. The van der Waals surface area contributed by atoms with Gasteiger partial charge in [0.2, 0.25) is 0 Å². The Hall–Kier alpha value is -3.74. The first-order chi connectivity index (χ1) is 15.3. The zero-order chi connectivity index (χ0) is 22.8. The van der Waals surface area contributed by atoms with Crippen molar-refractivity contribution in [1.29, 1.82) is 0 Å². The number of halogens is 1. The van der Waals surface area contributed by atoms with Crippen molar-refractivity contribution in [2.75, 3.05) is 6.54 Å². The van der Waals surface area contributed by atoms with Crippen LogP contribution in [0.15, 0.2) is 59.5 Å². The number of carbonyl (C=O) groups excluding carboxylic acids is 2. The minimum Gasteiger partial charge on any atom is -0.365 e. The SMILES string of the molecule is Cc1ccc(F)c(C(=O)N2CCc3c(cn(CCc4ccccc4)c(=O)c3C(N)=O)C2)c1. The number of pyridine rings is 1. The minimum atomic E-state index is -0.773. The highest BCUT2D eigenvalue weighted by Crippen LogP contribution is 2.23. The predicted octanol–water partition coefficient (Wildman–Crippen LogP) is 2.84. The quantitative estimate of drug-likeness (QED) is 0.671. The van der Waals surface area contributed by atoms with Crippen molar-refractivity contribution in [3.63, 3.8) is 0 Å². The molecule has 0 aliphatic carbocycles. The van der Waals surface area contributed by atoms with Crippen molar-refractivity contribution in [2.24, 2.45) is 5.73 Å². The molecule has 0 spiro atoms. The molecule has 2 heterocycles. The van der Waals surface area contributed by atoms with E-state index in [1.165, 1.54) is 21.6 Å². The van der Waals surface area contributed by atoms with Crippen LogP contribution in [0.5, 0.6) is 0 Å². The van der Waals surface area contributed by atoms with Crippen LogP contribution in [0.4, 0.5) is 4.39 Å². The normalized spacial score (nSPS) is 13.0. The molecular weight excluding hydrogens is 409 g/mol. The van der Waals surface area contributed by atoms with Crippen LogP contribution < -0.4 is 11.3 Å². The van der Waals surface area contributed by atoms with E-state index in [9.17, 15) is 18.8 Å². The van der Waals surface area contributed by atoms with E-state index < -0.39 is 23.2 Å². The molecule has 1 aliphatic heterocycles. The van der Waals surface area contributed by atoms with Gasteiger partial charge in [-0.1, -0.05) is 42.0 Å². The van der Waals surface area contributed by atoms with Crippen LogP contribution in [0.2, 0.25) is 0 Å². The maximum Gasteiger partial charge on any atom is 0.263 e. The van der Waals surface area contributed by atoms with Crippen LogP contribution in [0.3, 0.4) is 0 Å². The molecular formula is C25H24FN3O3. The average molecular weight is 433 g/mol. The monoisotopic (exact) mass is 433 g/mol. The number of nitrogens with two attached hydrogens (primary N) is 1. The summed E-state index contributed by atoms with van der Waals surface area (Å²) in [6.07, 6.45) is 2.61. The number of hydrogen-bond acceptors (Lipinski definition) is 3. The third-order valence-corrected chi connectivity index (χ3v) is 5.84. The number of aromatic nitrogens is 1. The lowest BCUT2D eigenvalue weighted by Gasteiger charge is -2.30. The van der Waals surface area contributed by atoms with E-state index in [1.807, 2.05) is 30.3 Å². The molecule has 32 heavy (non-hydrogen) atoms. The summed E-state index contributed by atoms with van der Waals surface area (Å²) in [6.45, 7) is 2.61. The summed E-state index contributed by atoms with van der Waals surface area (Å²) in [5.41, 5.74) is 8.23. The molecule has 0 saturated heterocycles. The summed E-state index contributed by atoms with van der Waals surface area (Å²) in [5.74, 6) is -1.76. The van der Waals surface area contributed by atoms with Gasteiger partial charge in [-0.05, 0) is 48.6 Å². The van der Waals surface area contributed by atoms with Crippen LogP contribution >= 0.6 is 0 Å². The molecule has 4 rings (SSSR count). The summed E-state index contributed by atoms with van der Waals surface area (Å²) in [4.78, 5) is 39.6. The second-order valence-electron chi connectivity index (χ2n) is 8.07. The first-order valence-corrected chi connectivity index (χ1v) is 10.5. The molecule has 0 saturated carbocycles. The van der Waals surface area contributed by atoms with Crippen LogP contribution in [-0.4, -0.2) is 27.8 Å². The van der Waals surface area contributed by atoms with Gasteiger partial charge in [-0.2, -0.15) is 0 Å². The fourth-order valence-electron chi connectivity index (χ4n) is 4.17. The summed E-state index contributed by atoms with van der Waals surface area (Å²) < 4.78 is 15.7. The maximum absolute atomic E-state index is 14.3. The Labute approximate surface area is 185 Å². The molecule has 164 valence electrons. The molecule has 6 nitrogen and oxygen atoms in total. The number of carbonyl (C=O) groups is 2. The van der Waals surface area contributed by atoms with Crippen LogP contribution in [-0.2, 0) is 25.9 Å². The summed E-state index contributed by atoms with van der Waals surface area (Å²) in [7, 11) is 0. The Kier molecular flexibility index (Phi) is 5.90. The van der Waals surface area contributed by atoms with E-state index in [2.05, 4.69) is 0 Å². The fraction of sp³-hybridized carbons (Fsp3) is 0.240. The van der Waals surface area contributed by atoms with Gasteiger partial charge in [-0.15, -0.1) is 0 Å². The fourth-order valence-corrected chi connectivity index (χ4v) is 4.17. The topological polar surface area (TPSA) is 85.4 Å². The maximum atomic E-state index is 14.3. The molecule has 2 N–H and O–H groups in total. The molecule has 3 aromatic rings. The van der Waals surface area contributed by atoms with Crippen molar-refractivity contribution in [1.82, 2.24) is 9.47 Å². The largest absolute Gasteiger partial charge is 0.365 e. The van der Waals surface area contributed by atoms with Gasteiger partial charge < -0.3 is 15.2 Å². The number of aryl methyl sites for hydroxylation is 3. The molecule has 0 unspecified atom stereocenters. The zero-order valence-electron chi connectivity index (χ0n) is 17.8. The third kappa shape index (κ3) is 4.19. The third-order valence-electron chi connectivity index (χ3n) is 5.84. The molecule has 0 atom stereocenters. The standard InChI is InChI=1S/C25H24FN3O3/c1-16-7-8-21(26)20(13-16)24(31)28-12-10-19-18(14-28)15-29(25(32)22(19)23(27)30)11-9-17-5-3-2-4-6-17/h2-8,13,15H,9-12,14H2,1H3,(H2,27,30). The lowest BCUT2D eigenvalue weighted by molar-refractivity contribution is 0.0729. The van der Waals surface area contributed by atoms with Gasteiger partial charge in [0.1, 0.15) is 11.4 Å². The van der Waals surface area contributed by atoms with Gasteiger partial charge in [0.25, 0.3) is 17.4 Å². The van der Waals surface area contributed by atoms with Crippen molar-refractivity contribution in [3.05, 3.63) is 104 Å². The molecule has 0 bridgehead atoms. The molecule has 7 heteroatoms. The van der Waals surface area contributed by atoms with E-state index in [4.69, 9.17) is 5.73 Å². The van der Waals surface area contributed by atoms with Crippen LogP contribution in [0.1, 0.15) is 43.0 Å². The molecule has 2 aromatic carbocycles. The number of benzene rings is 2. The van der Waals surface area contributed by atoms with Gasteiger partial charge in [-0.25, -0.2) is 4.39 Å². The van der Waals surface area contributed by atoms with Gasteiger partial charge in [-0.3, -0.25) is 14.4 Å². The summed E-state index contributed by atoms with van der Waals surface area (Å²) >= 11 is 0. The van der Waals surface area contributed by atoms with Crippen LogP contribution in [0.25, 0.3) is 0 Å². The Balaban J connectivity index is 1.66.